The van der Waals surface area contributed by atoms with Gasteiger partial charge in [0.2, 0.25) is 0 Å². The summed E-state index contributed by atoms with van der Waals surface area (Å²) in [5, 5.41) is 24.1. The first kappa shape index (κ1) is 7.90. The van der Waals surface area contributed by atoms with Crippen LogP contribution in [0.5, 0.6) is 0 Å². The Morgan fingerprint density at radius 1 is 1.33 bits per heavy atom. The molecule has 0 spiro atoms. The molecular formula is C4H6O5. The minimum absolute atomic E-state index is 0.755. The van der Waals surface area contributed by atoms with Crippen molar-refractivity contribution in [2.45, 2.75) is 12.5 Å². The lowest BCUT2D eigenvalue weighted by Gasteiger charge is -1.97. The number of hydrogen-bond acceptors (Lipinski definition) is 3. The summed E-state index contributed by atoms with van der Waals surface area (Å²) < 4.78 is 0. The van der Waals surface area contributed by atoms with Crippen LogP contribution in [0.4, 0.5) is 0 Å². The molecule has 1 unspecified atom stereocenters. The summed E-state index contributed by atoms with van der Waals surface area (Å²) in [5.41, 5.74) is 0. The van der Waals surface area contributed by atoms with E-state index >= 15 is 0 Å². The number of carboxylic acids is 2. The fourth-order valence-electron chi connectivity index (χ4n) is 0.253. The predicted molar refractivity (Wildman–Crippen MR) is 25.9 cm³/mol. The number of aliphatic carboxylic acids is 2. The molecule has 0 fully saturated rings. The zero-order valence-corrected chi connectivity index (χ0v) is 4.44. The molecule has 0 bridgehead atoms. The molecule has 0 radical (unpaired) electrons. The van der Waals surface area contributed by atoms with E-state index in [1.54, 1.807) is 0 Å². The molecule has 9 heavy (non-hydrogen) atoms. The van der Waals surface area contributed by atoms with Crippen molar-refractivity contribution in [1.29, 1.82) is 0 Å². The van der Waals surface area contributed by atoms with Crippen LogP contribution in [0.15, 0.2) is 0 Å². The second-order valence-corrected chi connectivity index (χ2v) is 1.45. The van der Waals surface area contributed by atoms with Crippen LogP contribution in [0.3, 0.4) is 0 Å². The summed E-state index contributed by atoms with van der Waals surface area (Å²) in [6.07, 6.45) is -2.54. The van der Waals surface area contributed by atoms with Gasteiger partial charge in [0.15, 0.2) is 6.10 Å². The monoisotopic (exact) mass is 135 g/mol. The standard InChI is InChI=1S/C4H6O5/c5-2(4(8)9)1-3(6)7/h2,5H,1H2,(H,6,7)(H,8,9)/i1+1. The van der Waals surface area contributed by atoms with Gasteiger partial charge < -0.3 is 15.3 Å². The van der Waals surface area contributed by atoms with E-state index in [1.807, 2.05) is 0 Å². The van der Waals surface area contributed by atoms with Crippen LogP contribution in [-0.2, 0) is 9.59 Å². The Balaban J connectivity index is 3.63. The molecule has 0 heterocycles. The lowest BCUT2D eigenvalue weighted by molar-refractivity contribution is -0.152. The van der Waals surface area contributed by atoms with Crippen LogP contribution in [0, 0.1) is 0 Å². The highest BCUT2D eigenvalue weighted by atomic mass is 16.4. The smallest absolute Gasteiger partial charge is 0.333 e. The first-order valence-corrected chi connectivity index (χ1v) is 2.16. The third-order valence-corrected chi connectivity index (χ3v) is 0.653. The van der Waals surface area contributed by atoms with Gasteiger partial charge in [-0.1, -0.05) is 0 Å². The van der Waals surface area contributed by atoms with Gasteiger partial charge in [0.05, 0.1) is 6.42 Å². The fraction of sp³-hybridized carbons (Fsp3) is 0.500. The second-order valence-electron chi connectivity index (χ2n) is 1.45. The molecule has 0 aromatic heterocycles. The van der Waals surface area contributed by atoms with Crippen LogP contribution >= 0.6 is 0 Å². The molecule has 0 aliphatic rings. The van der Waals surface area contributed by atoms with Gasteiger partial charge in [-0.05, 0) is 0 Å². The van der Waals surface area contributed by atoms with Gasteiger partial charge in [-0.25, -0.2) is 4.79 Å². The highest BCUT2D eigenvalue weighted by Gasteiger charge is 2.16. The van der Waals surface area contributed by atoms with Crippen LogP contribution in [-0.4, -0.2) is 33.4 Å². The van der Waals surface area contributed by atoms with E-state index in [0.29, 0.717) is 0 Å². The lowest BCUT2D eigenvalue weighted by Crippen LogP contribution is -2.22. The van der Waals surface area contributed by atoms with Gasteiger partial charge in [0.25, 0.3) is 0 Å². The van der Waals surface area contributed by atoms with Gasteiger partial charge in [-0.3, -0.25) is 4.79 Å². The quantitative estimate of drug-likeness (QED) is 0.427. The van der Waals surface area contributed by atoms with Crippen molar-refractivity contribution < 1.29 is 24.9 Å². The number of carboxylic acid groups (broad SMARTS) is 2. The Morgan fingerprint density at radius 2 is 1.78 bits per heavy atom. The van der Waals surface area contributed by atoms with Crippen molar-refractivity contribution in [1.82, 2.24) is 0 Å². The summed E-state index contributed by atoms with van der Waals surface area (Å²) in [6, 6.07) is 0. The van der Waals surface area contributed by atoms with E-state index in [4.69, 9.17) is 15.3 Å². The van der Waals surface area contributed by atoms with Crippen LogP contribution in [0.1, 0.15) is 6.42 Å². The Hall–Kier alpha value is -1.10. The molecule has 3 N–H and O–H groups in total. The zero-order chi connectivity index (χ0) is 7.44. The summed E-state index contributed by atoms with van der Waals surface area (Å²) in [4.78, 5) is 19.4. The number of aliphatic hydroxyl groups excluding tert-OH is 1. The maximum absolute atomic E-state index is 9.72. The third kappa shape index (κ3) is 3.48. The lowest BCUT2D eigenvalue weighted by atomic mass is 10.5. The largest absolute Gasteiger partial charge is 0.481 e. The number of carbonyl (C=O) groups is 2. The number of hydrogen-bond donors (Lipinski definition) is 3. The van der Waals surface area contributed by atoms with E-state index in [0.717, 1.165) is 0 Å². The third-order valence-electron chi connectivity index (χ3n) is 0.653. The van der Waals surface area contributed by atoms with Crippen LogP contribution < -0.4 is 0 Å². The van der Waals surface area contributed by atoms with Crippen molar-refractivity contribution in [2.24, 2.45) is 0 Å². The maximum Gasteiger partial charge on any atom is 0.333 e. The van der Waals surface area contributed by atoms with Gasteiger partial charge in [-0.15, -0.1) is 0 Å². The average Bonchev–Trinajstić information content (AvgIpc) is 1.63. The minimum atomic E-state index is -1.79. The van der Waals surface area contributed by atoms with Crippen molar-refractivity contribution in [2.75, 3.05) is 0 Å². The van der Waals surface area contributed by atoms with Crippen LogP contribution in [0.25, 0.3) is 0 Å². The zero-order valence-electron chi connectivity index (χ0n) is 4.44. The normalized spacial score (nSPS) is 12.6. The van der Waals surface area contributed by atoms with Crippen LogP contribution in [0.2, 0.25) is 0 Å². The van der Waals surface area contributed by atoms with E-state index in [2.05, 4.69) is 0 Å². The first-order chi connectivity index (χ1) is 4.04. The average molecular weight is 135 g/mol. The summed E-state index contributed by atoms with van der Waals surface area (Å²) >= 11 is 0. The highest BCUT2D eigenvalue weighted by Crippen LogP contribution is 1.89. The SMILES string of the molecule is O=C(O)[13CH2]C(O)C(=O)O. The molecule has 0 saturated heterocycles. The summed E-state index contributed by atoms with van der Waals surface area (Å²) in [6.45, 7) is 0. The molecule has 5 heteroatoms. The Morgan fingerprint density at radius 3 is 1.89 bits per heavy atom. The van der Waals surface area contributed by atoms with Crippen molar-refractivity contribution in [3.8, 4) is 0 Å². The molecule has 0 saturated carbocycles. The molecule has 0 aliphatic heterocycles. The molecule has 0 amide bonds. The van der Waals surface area contributed by atoms with E-state index in [-0.39, 0.29) is 0 Å². The van der Waals surface area contributed by atoms with Gasteiger partial charge in [-0.2, -0.15) is 0 Å². The van der Waals surface area contributed by atoms with Crippen molar-refractivity contribution >= 4 is 11.9 Å². The van der Waals surface area contributed by atoms with E-state index in [1.165, 1.54) is 0 Å². The molecular weight excluding hydrogens is 129 g/mol. The van der Waals surface area contributed by atoms with Crippen molar-refractivity contribution in [3.05, 3.63) is 0 Å². The molecule has 0 rings (SSSR count). The number of rotatable bonds is 3. The van der Waals surface area contributed by atoms with Crippen molar-refractivity contribution in [3.63, 3.8) is 0 Å². The number of aliphatic hydroxyl groups is 1. The second kappa shape index (κ2) is 3.03. The van der Waals surface area contributed by atoms with E-state index < -0.39 is 24.5 Å². The Bertz CT molecular complexity index is 129. The van der Waals surface area contributed by atoms with Gasteiger partial charge >= 0.3 is 11.9 Å². The summed E-state index contributed by atoms with van der Waals surface area (Å²) in [7, 11) is 0. The molecule has 0 aromatic carbocycles. The molecule has 5 nitrogen and oxygen atoms in total. The van der Waals surface area contributed by atoms with E-state index in [9.17, 15) is 9.59 Å². The minimum Gasteiger partial charge on any atom is -0.481 e. The topological polar surface area (TPSA) is 94.8 Å². The summed E-state index contributed by atoms with van der Waals surface area (Å²) in [5.74, 6) is -2.85. The molecule has 52 valence electrons. The Kier molecular flexibility index (Phi) is 2.66. The molecule has 0 aliphatic carbocycles. The molecule has 1 atom stereocenters. The van der Waals surface area contributed by atoms with Gasteiger partial charge in [0, 0.05) is 0 Å². The Labute approximate surface area is 50.5 Å². The predicted octanol–water partition coefficient (Wildman–Crippen LogP) is -1.09. The molecule has 0 aromatic rings. The highest BCUT2D eigenvalue weighted by molar-refractivity contribution is 5.79. The first-order valence-electron chi connectivity index (χ1n) is 2.16. The van der Waals surface area contributed by atoms with Gasteiger partial charge in [0.1, 0.15) is 0 Å². The maximum atomic E-state index is 9.72. The fourth-order valence-corrected chi connectivity index (χ4v) is 0.253.